The summed E-state index contributed by atoms with van der Waals surface area (Å²) in [5, 5.41) is 3.34. The van der Waals surface area contributed by atoms with E-state index in [1.807, 2.05) is 0 Å². The van der Waals surface area contributed by atoms with Gasteiger partial charge in [-0.25, -0.2) is 18.4 Å². The summed E-state index contributed by atoms with van der Waals surface area (Å²) in [4.78, 5) is 8.25. The zero-order valence-electron chi connectivity index (χ0n) is 19.7. The Labute approximate surface area is 213 Å². The Morgan fingerprint density at radius 1 is 1.08 bits per heavy atom. The van der Waals surface area contributed by atoms with Crippen molar-refractivity contribution in [1.82, 2.24) is 14.3 Å². The van der Waals surface area contributed by atoms with Crippen molar-refractivity contribution in [2.75, 3.05) is 18.4 Å². The van der Waals surface area contributed by atoms with E-state index in [1.165, 1.54) is 44.9 Å². The third-order valence-electron chi connectivity index (χ3n) is 8.64. The number of benzene rings is 1. The Hall–Kier alpha value is -1.91. The molecule has 1 aliphatic heterocycles. The third-order valence-corrected chi connectivity index (χ3v) is 11.0. The predicted octanol–water partition coefficient (Wildman–Crippen LogP) is 5.52. The van der Waals surface area contributed by atoms with Crippen molar-refractivity contribution >= 4 is 27.4 Å². The number of nitrogens with one attached hydrogen (secondary N) is 1. The van der Waals surface area contributed by atoms with Crippen molar-refractivity contribution < 1.29 is 21.6 Å². The number of hydrogen-bond acceptors (Lipinski definition) is 5. The van der Waals surface area contributed by atoms with Gasteiger partial charge in [0, 0.05) is 18.7 Å². The molecule has 36 heavy (non-hydrogen) atoms. The molecule has 0 radical (unpaired) electrons. The predicted molar refractivity (Wildman–Crippen MR) is 129 cm³/mol. The molecular weight excluding hydrogens is 513 g/mol. The molecule has 4 saturated carbocycles. The van der Waals surface area contributed by atoms with Gasteiger partial charge in [-0.3, -0.25) is 0 Å². The lowest BCUT2D eigenvalue weighted by Gasteiger charge is -2.57. The van der Waals surface area contributed by atoms with Crippen LogP contribution in [0.25, 0.3) is 0 Å². The zero-order chi connectivity index (χ0) is 25.3. The van der Waals surface area contributed by atoms with Crippen molar-refractivity contribution in [2.24, 2.45) is 23.2 Å². The number of hydrogen-bond donors (Lipinski definition) is 1. The number of anilines is 1. The first-order chi connectivity index (χ1) is 17.0. The molecule has 7 rings (SSSR count). The van der Waals surface area contributed by atoms with Gasteiger partial charge in [0.05, 0.1) is 22.8 Å². The highest BCUT2D eigenvalue weighted by atomic mass is 35.5. The number of aromatic nitrogens is 2. The molecule has 0 spiro atoms. The lowest BCUT2D eigenvalue weighted by Crippen LogP contribution is -2.49. The van der Waals surface area contributed by atoms with Gasteiger partial charge in [0.1, 0.15) is 17.0 Å². The average Bonchev–Trinajstić information content (AvgIpc) is 2.81. The molecule has 194 valence electrons. The van der Waals surface area contributed by atoms with Crippen molar-refractivity contribution in [2.45, 2.75) is 62.6 Å². The molecule has 6 nitrogen and oxygen atoms in total. The standard InChI is InChI=1S/C25H28ClF3N4O2S/c26-20-2-1-18(25(27,28)29)8-22(20)36(34,35)33-4-3-19-21(12-33)31-14-32-23(19)30-13-24-9-15-5-16(10-24)7-17(6-15)11-24/h1-2,8,14-17H,3-7,9-13H2,(H,30,31,32). The maximum Gasteiger partial charge on any atom is 0.416 e. The monoisotopic (exact) mass is 540 g/mol. The highest BCUT2D eigenvalue weighted by Crippen LogP contribution is 2.60. The Morgan fingerprint density at radius 3 is 2.39 bits per heavy atom. The van der Waals surface area contributed by atoms with Gasteiger partial charge < -0.3 is 5.32 Å². The molecule has 11 heteroatoms. The SMILES string of the molecule is O=S(=O)(c1cc(C(F)(F)F)ccc1Cl)N1CCc2c(ncnc2NCC23CC4CC(CC(C4)C2)C3)C1. The van der Waals surface area contributed by atoms with Crippen LogP contribution in [0.4, 0.5) is 19.0 Å². The highest BCUT2D eigenvalue weighted by molar-refractivity contribution is 7.89. The molecule has 0 amide bonds. The van der Waals surface area contributed by atoms with Crippen LogP contribution in [-0.4, -0.2) is 35.8 Å². The summed E-state index contributed by atoms with van der Waals surface area (Å²) < 4.78 is 67.3. The number of sulfonamides is 1. The van der Waals surface area contributed by atoms with E-state index >= 15 is 0 Å². The van der Waals surface area contributed by atoms with Gasteiger partial charge in [-0.1, -0.05) is 11.6 Å². The van der Waals surface area contributed by atoms with Crippen LogP contribution in [0.3, 0.4) is 0 Å². The highest BCUT2D eigenvalue weighted by Gasteiger charge is 2.50. The molecular formula is C25H28ClF3N4O2S. The molecule has 4 bridgehead atoms. The summed E-state index contributed by atoms with van der Waals surface area (Å²) >= 11 is 6.04. The van der Waals surface area contributed by atoms with Crippen molar-refractivity contribution in [3.63, 3.8) is 0 Å². The van der Waals surface area contributed by atoms with Gasteiger partial charge in [-0.2, -0.15) is 17.5 Å². The summed E-state index contributed by atoms with van der Waals surface area (Å²) in [6.45, 7) is 0.932. The first kappa shape index (κ1) is 24.4. The van der Waals surface area contributed by atoms with E-state index < -0.39 is 26.7 Å². The fraction of sp³-hybridized carbons (Fsp3) is 0.600. The van der Waals surface area contributed by atoms with E-state index in [1.54, 1.807) is 0 Å². The molecule has 0 atom stereocenters. The Kier molecular flexibility index (Phi) is 5.81. The van der Waals surface area contributed by atoms with E-state index in [0.29, 0.717) is 23.6 Å². The van der Waals surface area contributed by atoms with Gasteiger partial charge >= 0.3 is 6.18 Å². The minimum Gasteiger partial charge on any atom is -0.369 e. The van der Waals surface area contributed by atoms with Crippen LogP contribution in [0.15, 0.2) is 29.4 Å². The number of rotatable bonds is 5. The van der Waals surface area contributed by atoms with Gasteiger partial charge in [0.15, 0.2) is 0 Å². The van der Waals surface area contributed by atoms with Gasteiger partial charge in [0.2, 0.25) is 10.0 Å². The summed E-state index contributed by atoms with van der Waals surface area (Å²) in [5.41, 5.74) is 0.706. The van der Waals surface area contributed by atoms with Crippen molar-refractivity contribution in [3.8, 4) is 0 Å². The molecule has 1 N–H and O–H groups in total. The van der Waals surface area contributed by atoms with Crippen molar-refractivity contribution in [3.05, 3.63) is 46.4 Å². The van der Waals surface area contributed by atoms with Crippen LogP contribution in [0, 0.1) is 23.2 Å². The molecule has 1 aromatic carbocycles. The largest absolute Gasteiger partial charge is 0.416 e. The number of fused-ring (bicyclic) bond motifs is 1. The Morgan fingerprint density at radius 2 is 1.75 bits per heavy atom. The molecule has 1 aromatic heterocycles. The summed E-state index contributed by atoms with van der Waals surface area (Å²) in [6, 6.07) is 2.36. The molecule has 4 fully saturated rings. The van der Waals surface area contributed by atoms with Crippen LogP contribution in [0.2, 0.25) is 5.02 Å². The molecule has 0 unspecified atom stereocenters. The molecule has 5 aliphatic rings. The second kappa shape index (κ2) is 8.56. The topological polar surface area (TPSA) is 75.2 Å². The lowest BCUT2D eigenvalue weighted by molar-refractivity contribution is -0.137. The Balaban J connectivity index is 1.21. The molecule has 2 aromatic rings. The minimum atomic E-state index is -4.67. The van der Waals surface area contributed by atoms with Crippen LogP contribution in [-0.2, 0) is 29.2 Å². The maximum atomic E-state index is 13.3. The van der Waals surface area contributed by atoms with E-state index in [2.05, 4.69) is 15.3 Å². The second-order valence-electron chi connectivity index (χ2n) is 11.2. The Bertz CT molecular complexity index is 1270. The van der Waals surface area contributed by atoms with E-state index in [-0.39, 0.29) is 18.1 Å². The van der Waals surface area contributed by atoms with E-state index in [0.717, 1.165) is 52.1 Å². The van der Waals surface area contributed by atoms with Crippen LogP contribution in [0.1, 0.15) is 55.3 Å². The number of alkyl halides is 3. The number of halogens is 4. The summed E-state index contributed by atoms with van der Waals surface area (Å²) in [5.74, 6) is 3.28. The number of nitrogens with zero attached hydrogens (tertiary/aromatic N) is 3. The fourth-order valence-corrected chi connectivity index (χ4v) is 9.38. The second-order valence-corrected chi connectivity index (χ2v) is 13.5. The average molecular weight is 541 g/mol. The van der Waals surface area contributed by atoms with Crippen LogP contribution in [0.5, 0.6) is 0 Å². The zero-order valence-corrected chi connectivity index (χ0v) is 21.3. The quantitative estimate of drug-likeness (QED) is 0.540. The van der Waals surface area contributed by atoms with Crippen LogP contribution < -0.4 is 5.32 Å². The molecule has 0 saturated heterocycles. The maximum absolute atomic E-state index is 13.3. The lowest BCUT2D eigenvalue weighted by atomic mass is 9.49. The summed E-state index contributed by atoms with van der Waals surface area (Å²) in [7, 11) is -4.25. The van der Waals surface area contributed by atoms with Crippen molar-refractivity contribution in [1.29, 1.82) is 0 Å². The third kappa shape index (κ3) is 4.28. The first-order valence-corrected chi connectivity index (χ1v) is 14.3. The summed E-state index contributed by atoms with van der Waals surface area (Å²) in [6.07, 6.45) is 5.06. The molecule has 2 heterocycles. The van der Waals surface area contributed by atoms with Gasteiger partial charge in [0.25, 0.3) is 0 Å². The van der Waals surface area contributed by atoms with Crippen LogP contribution >= 0.6 is 11.6 Å². The first-order valence-electron chi connectivity index (χ1n) is 12.5. The molecule has 4 aliphatic carbocycles. The smallest absolute Gasteiger partial charge is 0.369 e. The minimum absolute atomic E-state index is 0.0429. The van der Waals surface area contributed by atoms with Gasteiger partial charge in [-0.15, -0.1) is 0 Å². The van der Waals surface area contributed by atoms with E-state index in [4.69, 9.17) is 11.6 Å². The van der Waals surface area contributed by atoms with Gasteiger partial charge in [-0.05, 0) is 86.3 Å². The van der Waals surface area contributed by atoms with E-state index in [9.17, 15) is 21.6 Å². The normalized spacial score (nSPS) is 29.8. The fourth-order valence-electron chi connectivity index (χ4n) is 7.48.